The van der Waals surface area contributed by atoms with Crippen LogP contribution in [0.25, 0.3) is 0 Å². The van der Waals surface area contributed by atoms with Crippen LogP contribution in [0.5, 0.6) is 5.75 Å². The summed E-state index contributed by atoms with van der Waals surface area (Å²) in [4.78, 5) is 0. The third kappa shape index (κ3) is 3.16. The summed E-state index contributed by atoms with van der Waals surface area (Å²) in [5.41, 5.74) is 4.94. The van der Waals surface area contributed by atoms with Gasteiger partial charge in [-0.25, -0.2) is 4.39 Å². The Morgan fingerprint density at radius 3 is 2.40 bits per heavy atom. The fourth-order valence-corrected chi connectivity index (χ4v) is 1.11. The van der Waals surface area contributed by atoms with Crippen molar-refractivity contribution in [1.82, 2.24) is 0 Å². The first-order valence-electron chi connectivity index (χ1n) is 3.73. The van der Waals surface area contributed by atoms with E-state index in [0.29, 0.717) is 0 Å². The Bertz CT molecular complexity index is 366. The average molecular weight is 244 g/mol. The van der Waals surface area contributed by atoms with Gasteiger partial charge in [0.25, 0.3) is 0 Å². The number of rotatable bonds is 2. The highest BCUT2D eigenvalue weighted by Crippen LogP contribution is 2.30. The zero-order chi connectivity index (χ0) is 11.6. The zero-order valence-electron chi connectivity index (χ0n) is 7.24. The lowest BCUT2D eigenvalue weighted by atomic mass is 10.2. The Kier molecular flexibility index (Phi) is 3.28. The molecule has 0 aliphatic rings. The van der Waals surface area contributed by atoms with Gasteiger partial charge in [0.05, 0.1) is 5.69 Å². The maximum Gasteiger partial charge on any atom is 0.573 e. The highest BCUT2D eigenvalue weighted by Gasteiger charge is 2.32. The molecule has 7 heteroatoms. The van der Waals surface area contributed by atoms with Gasteiger partial charge in [0.2, 0.25) is 0 Å². The van der Waals surface area contributed by atoms with Crippen LogP contribution in [0.3, 0.4) is 0 Å². The molecular weight excluding hydrogens is 238 g/mol. The summed E-state index contributed by atoms with van der Waals surface area (Å²) in [5.74, 6) is -2.31. The van der Waals surface area contributed by atoms with E-state index in [1.165, 1.54) is 0 Å². The molecule has 0 amide bonds. The number of anilines is 1. The Balaban J connectivity index is 3.11. The van der Waals surface area contributed by atoms with Gasteiger partial charge in [0.1, 0.15) is 0 Å². The molecule has 1 aromatic carbocycles. The molecule has 0 bridgehead atoms. The van der Waals surface area contributed by atoms with Crippen molar-refractivity contribution in [1.29, 1.82) is 0 Å². The van der Waals surface area contributed by atoms with Crippen molar-refractivity contribution in [3.05, 3.63) is 23.5 Å². The molecular formula is C8H6ClF4NO. The van der Waals surface area contributed by atoms with Gasteiger partial charge in [0, 0.05) is 5.88 Å². The molecule has 2 nitrogen and oxygen atoms in total. The van der Waals surface area contributed by atoms with Gasteiger partial charge in [-0.05, 0) is 17.7 Å². The van der Waals surface area contributed by atoms with Gasteiger partial charge in [-0.3, -0.25) is 0 Å². The highest BCUT2D eigenvalue weighted by molar-refractivity contribution is 6.17. The van der Waals surface area contributed by atoms with Crippen molar-refractivity contribution in [2.45, 2.75) is 12.2 Å². The summed E-state index contributed by atoms with van der Waals surface area (Å²) in [5, 5.41) is 0. The van der Waals surface area contributed by atoms with E-state index in [0.717, 1.165) is 12.1 Å². The Morgan fingerprint density at radius 1 is 1.33 bits per heavy atom. The normalized spacial score (nSPS) is 11.5. The van der Waals surface area contributed by atoms with Gasteiger partial charge in [0.15, 0.2) is 11.6 Å². The SMILES string of the molecule is Nc1cc(CCl)cc(OC(F)(F)F)c1F. The van der Waals surface area contributed by atoms with E-state index >= 15 is 0 Å². The predicted octanol–water partition coefficient (Wildman–Crippen LogP) is 3.05. The van der Waals surface area contributed by atoms with Gasteiger partial charge in [-0.15, -0.1) is 24.8 Å². The van der Waals surface area contributed by atoms with E-state index in [1.54, 1.807) is 0 Å². The van der Waals surface area contributed by atoms with Crippen LogP contribution < -0.4 is 10.5 Å². The maximum absolute atomic E-state index is 13.1. The minimum atomic E-state index is -4.96. The number of hydrogen-bond donors (Lipinski definition) is 1. The van der Waals surface area contributed by atoms with Crippen LogP contribution in [-0.4, -0.2) is 6.36 Å². The van der Waals surface area contributed by atoms with Crippen LogP contribution in [0.4, 0.5) is 23.2 Å². The van der Waals surface area contributed by atoms with Crippen molar-refractivity contribution in [2.75, 3.05) is 5.73 Å². The topological polar surface area (TPSA) is 35.2 Å². The summed E-state index contributed by atoms with van der Waals surface area (Å²) >= 11 is 5.38. The molecule has 0 heterocycles. The van der Waals surface area contributed by atoms with Crippen LogP contribution in [0.2, 0.25) is 0 Å². The van der Waals surface area contributed by atoms with Crippen LogP contribution in [-0.2, 0) is 5.88 Å². The Labute approximate surface area is 87.6 Å². The summed E-state index contributed by atoms with van der Waals surface area (Å²) in [6, 6.07) is 2.00. The molecule has 0 unspecified atom stereocenters. The quantitative estimate of drug-likeness (QED) is 0.492. The predicted molar refractivity (Wildman–Crippen MR) is 47.1 cm³/mol. The van der Waals surface area contributed by atoms with Crippen molar-refractivity contribution < 1.29 is 22.3 Å². The molecule has 1 aromatic rings. The van der Waals surface area contributed by atoms with Gasteiger partial charge in [-0.2, -0.15) is 0 Å². The minimum Gasteiger partial charge on any atom is -0.403 e. The molecule has 0 atom stereocenters. The molecule has 0 saturated heterocycles. The first kappa shape index (κ1) is 11.9. The van der Waals surface area contributed by atoms with Crippen LogP contribution >= 0.6 is 11.6 Å². The summed E-state index contributed by atoms with van der Waals surface area (Å²) in [7, 11) is 0. The maximum atomic E-state index is 13.1. The number of ether oxygens (including phenoxy) is 1. The summed E-state index contributed by atoms with van der Waals surface area (Å²) < 4.78 is 52.0. The third-order valence-electron chi connectivity index (χ3n) is 1.51. The van der Waals surface area contributed by atoms with E-state index in [-0.39, 0.29) is 11.4 Å². The van der Waals surface area contributed by atoms with Crippen molar-refractivity contribution >= 4 is 17.3 Å². The van der Waals surface area contributed by atoms with Crippen molar-refractivity contribution in [3.63, 3.8) is 0 Å². The fourth-order valence-electron chi connectivity index (χ4n) is 0.955. The minimum absolute atomic E-state index is 0.0846. The number of hydrogen-bond acceptors (Lipinski definition) is 2. The molecule has 84 valence electrons. The smallest absolute Gasteiger partial charge is 0.403 e. The second-order valence-electron chi connectivity index (χ2n) is 2.68. The second kappa shape index (κ2) is 4.14. The Hall–Kier alpha value is -1.17. The first-order chi connectivity index (χ1) is 6.83. The van der Waals surface area contributed by atoms with E-state index in [9.17, 15) is 17.6 Å². The fraction of sp³-hybridized carbons (Fsp3) is 0.250. The van der Waals surface area contributed by atoms with Crippen molar-refractivity contribution in [2.24, 2.45) is 0 Å². The monoisotopic (exact) mass is 243 g/mol. The molecule has 0 spiro atoms. The third-order valence-corrected chi connectivity index (χ3v) is 1.82. The molecule has 1 rings (SSSR count). The number of benzene rings is 1. The standard InChI is InChI=1S/C8H6ClF4NO/c9-3-4-1-5(14)7(10)6(2-4)15-8(11,12)13/h1-2H,3,14H2. The molecule has 0 radical (unpaired) electrons. The number of halogens is 5. The largest absolute Gasteiger partial charge is 0.573 e. The first-order valence-corrected chi connectivity index (χ1v) is 4.26. The average Bonchev–Trinajstić information content (AvgIpc) is 2.10. The van der Waals surface area contributed by atoms with E-state index < -0.39 is 23.6 Å². The molecule has 0 saturated carbocycles. The molecule has 2 N–H and O–H groups in total. The molecule has 0 aliphatic heterocycles. The molecule has 0 aromatic heterocycles. The van der Waals surface area contributed by atoms with E-state index in [1.807, 2.05) is 0 Å². The second-order valence-corrected chi connectivity index (χ2v) is 2.95. The van der Waals surface area contributed by atoms with Crippen LogP contribution in [0, 0.1) is 5.82 Å². The van der Waals surface area contributed by atoms with E-state index in [2.05, 4.69) is 4.74 Å². The Morgan fingerprint density at radius 2 is 1.93 bits per heavy atom. The lowest BCUT2D eigenvalue weighted by Crippen LogP contribution is -2.18. The molecule has 15 heavy (non-hydrogen) atoms. The van der Waals surface area contributed by atoms with E-state index in [4.69, 9.17) is 17.3 Å². The van der Waals surface area contributed by atoms with Crippen LogP contribution in [0.15, 0.2) is 12.1 Å². The zero-order valence-corrected chi connectivity index (χ0v) is 7.99. The molecule has 0 fully saturated rings. The van der Waals surface area contributed by atoms with Gasteiger partial charge >= 0.3 is 6.36 Å². The van der Waals surface area contributed by atoms with Crippen LogP contribution in [0.1, 0.15) is 5.56 Å². The number of alkyl halides is 4. The lowest BCUT2D eigenvalue weighted by molar-refractivity contribution is -0.275. The van der Waals surface area contributed by atoms with Crippen molar-refractivity contribution in [3.8, 4) is 5.75 Å². The number of nitrogens with two attached hydrogens (primary N) is 1. The van der Waals surface area contributed by atoms with Gasteiger partial charge in [-0.1, -0.05) is 0 Å². The highest BCUT2D eigenvalue weighted by atomic mass is 35.5. The number of nitrogen functional groups attached to an aromatic ring is 1. The summed E-state index contributed by atoms with van der Waals surface area (Å²) in [6.07, 6.45) is -4.96. The summed E-state index contributed by atoms with van der Waals surface area (Å²) in [6.45, 7) is 0. The molecule has 0 aliphatic carbocycles. The lowest BCUT2D eigenvalue weighted by Gasteiger charge is -2.11. The van der Waals surface area contributed by atoms with Gasteiger partial charge < -0.3 is 10.5 Å².